The molecule has 20 heavy (non-hydrogen) atoms. The first-order valence-corrected chi connectivity index (χ1v) is 7.92. The summed E-state index contributed by atoms with van der Waals surface area (Å²) in [5.74, 6) is -1.30. The first-order chi connectivity index (χ1) is 9.34. The average Bonchev–Trinajstić information content (AvgIpc) is 2.32. The number of hydrogen-bond acceptors (Lipinski definition) is 4. The Hall–Kier alpha value is -1.83. The molecule has 0 atom stereocenters. The van der Waals surface area contributed by atoms with Gasteiger partial charge < -0.3 is 9.67 Å². The maximum absolute atomic E-state index is 11.7. The second-order valence-corrected chi connectivity index (χ2v) is 6.21. The van der Waals surface area contributed by atoms with Gasteiger partial charge in [0.2, 0.25) is 10.0 Å². The lowest BCUT2D eigenvalue weighted by Gasteiger charge is -2.10. The highest BCUT2D eigenvalue weighted by atomic mass is 32.2. The van der Waals surface area contributed by atoms with Gasteiger partial charge in [0.15, 0.2) is 0 Å². The molecule has 2 N–H and O–H groups in total. The van der Waals surface area contributed by atoms with Crippen molar-refractivity contribution >= 4 is 21.7 Å². The van der Waals surface area contributed by atoms with Crippen LogP contribution in [-0.2, 0) is 21.4 Å². The summed E-state index contributed by atoms with van der Waals surface area (Å²) in [6.07, 6.45) is 2.05. The second kappa shape index (κ2) is 7.09. The van der Waals surface area contributed by atoms with Gasteiger partial charge in [0.1, 0.15) is 0 Å². The summed E-state index contributed by atoms with van der Waals surface area (Å²) in [6.45, 7) is 2.42. The van der Waals surface area contributed by atoms with Crippen molar-refractivity contribution in [2.45, 2.75) is 32.7 Å². The van der Waals surface area contributed by atoms with Crippen molar-refractivity contribution in [3.05, 3.63) is 28.7 Å². The zero-order valence-corrected chi connectivity index (χ0v) is 12.0. The number of carbonyl (C=O) groups is 1. The van der Waals surface area contributed by atoms with Crippen LogP contribution in [0, 0.1) is 0 Å². The summed E-state index contributed by atoms with van der Waals surface area (Å²) in [6, 6.07) is 2.69. The van der Waals surface area contributed by atoms with Crippen LogP contribution in [0.3, 0.4) is 0 Å². The Balaban J connectivity index is 2.74. The molecular formula is C12H18N2O5S. The summed E-state index contributed by atoms with van der Waals surface area (Å²) in [7, 11) is -3.60. The number of rotatable bonds is 8. The van der Waals surface area contributed by atoms with Crippen LogP contribution < -0.4 is 10.3 Å². The molecule has 7 nitrogen and oxygen atoms in total. The number of sulfonamides is 1. The van der Waals surface area contributed by atoms with Crippen molar-refractivity contribution in [1.29, 1.82) is 0 Å². The molecule has 1 aromatic rings. The molecule has 1 aromatic heterocycles. The standard InChI is InChI=1S/C12H18N2O5S/c1-2-7-14-9-10(5-6-11(14)15)13-20(18,19)8-3-4-12(16)17/h5-6,9,13H,2-4,7-8H2,1H3,(H,16,17). The minimum absolute atomic E-state index is 0.0409. The van der Waals surface area contributed by atoms with Crippen molar-refractivity contribution in [2.24, 2.45) is 0 Å². The van der Waals surface area contributed by atoms with Gasteiger partial charge in [-0.1, -0.05) is 6.92 Å². The highest BCUT2D eigenvalue weighted by Gasteiger charge is 2.12. The molecule has 0 bridgehead atoms. The van der Waals surface area contributed by atoms with Gasteiger partial charge >= 0.3 is 5.97 Å². The van der Waals surface area contributed by atoms with Crippen molar-refractivity contribution in [2.75, 3.05) is 10.5 Å². The number of anilines is 1. The van der Waals surface area contributed by atoms with E-state index in [-0.39, 0.29) is 24.2 Å². The lowest BCUT2D eigenvalue weighted by molar-refractivity contribution is -0.137. The Morgan fingerprint density at radius 1 is 1.40 bits per heavy atom. The lowest BCUT2D eigenvalue weighted by Crippen LogP contribution is -2.22. The number of aryl methyl sites for hydroxylation is 1. The average molecular weight is 302 g/mol. The van der Waals surface area contributed by atoms with Gasteiger partial charge in [-0.2, -0.15) is 0 Å². The number of carboxylic acids is 1. The number of nitrogens with one attached hydrogen (secondary N) is 1. The van der Waals surface area contributed by atoms with E-state index in [1.807, 2.05) is 6.92 Å². The van der Waals surface area contributed by atoms with E-state index in [9.17, 15) is 18.0 Å². The van der Waals surface area contributed by atoms with Gasteiger partial charge in [-0.05, 0) is 18.9 Å². The van der Waals surface area contributed by atoms with E-state index in [0.29, 0.717) is 12.2 Å². The number of hydrogen-bond donors (Lipinski definition) is 2. The molecule has 1 heterocycles. The van der Waals surface area contributed by atoms with Crippen LogP contribution in [0.5, 0.6) is 0 Å². The molecule has 0 saturated carbocycles. The molecule has 0 fully saturated rings. The molecule has 0 saturated heterocycles. The molecular weight excluding hydrogens is 284 g/mol. The Labute approximate surface area is 117 Å². The fourth-order valence-corrected chi connectivity index (χ4v) is 2.76. The van der Waals surface area contributed by atoms with Crippen LogP contribution in [0.15, 0.2) is 23.1 Å². The SMILES string of the molecule is CCCn1cc(NS(=O)(=O)CCCC(=O)O)ccc1=O. The maximum atomic E-state index is 11.7. The molecule has 0 unspecified atom stereocenters. The van der Waals surface area contributed by atoms with Gasteiger partial charge in [-0.15, -0.1) is 0 Å². The molecule has 8 heteroatoms. The van der Waals surface area contributed by atoms with E-state index in [2.05, 4.69) is 4.72 Å². The van der Waals surface area contributed by atoms with Crippen LogP contribution >= 0.6 is 0 Å². The Bertz CT molecular complexity index is 621. The highest BCUT2D eigenvalue weighted by Crippen LogP contribution is 2.08. The van der Waals surface area contributed by atoms with E-state index >= 15 is 0 Å². The van der Waals surface area contributed by atoms with Crippen molar-refractivity contribution in [3.8, 4) is 0 Å². The van der Waals surface area contributed by atoms with E-state index in [1.165, 1.54) is 22.9 Å². The minimum atomic E-state index is -3.60. The number of aliphatic carboxylic acids is 1. The summed E-state index contributed by atoms with van der Waals surface area (Å²) < 4.78 is 27.3. The van der Waals surface area contributed by atoms with Crippen LogP contribution in [0.1, 0.15) is 26.2 Å². The molecule has 0 aliphatic heterocycles. The number of pyridine rings is 1. The van der Waals surface area contributed by atoms with Crippen molar-refractivity contribution in [3.63, 3.8) is 0 Å². The second-order valence-electron chi connectivity index (χ2n) is 4.37. The fraction of sp³-hybridized carbons (Fsp3) is 0.500. The third-order valence-electron chi connectivity index (χ3n) is 2.53. The summed E-state index contributed by atoms with van der Waals surface area (Å²) in [4.78, 5) is 21.8. The van der Waals surface area contributed by atoms with Crippen LogP contribution in [0.2, 0.25) is 0 Å². The Morgan fingerprint density at radius 2 is 2.10 bits per heavy atom. The molecule has 0 aromatic carbocycles. The summed E-state index contributed by atoms with van der Waals surface area (Å²) in [5.41, 5.74) is 0.106. The van der Waals surface area contributed by atoms with Crippen LogP contribution in [0.25, 0.3) is 0 Å². The zero-order valence-electron chi connectivity index (χ0n) is 11.2. The van der Waals surface area contributed by atoms with E-state index < -0.39 is 16.0 Å². The summed E-state index contributed by atoms with van der Waals surface area (Å²) >= 11 is 0. The fourth-order valence-electron chi connectivity index (χ4n) is 1.65. The van der Waals surface area contributed by atoms with Gasteiger partial charge in [-0.3, -0.25) is 14.3 Å². The molecule has 1 rings (SSSR count). The smallest absolute Gasteiger partial charge is 0.303 e. The van der Waals surface area contributed by atoms with Gasteiger partial charge in [0, 0.05) is 25.2 Å². The molecule has 0 aliphatic rings. The van der Waals surface area contributed by atoms with Crippen LogP contribution in [0.4, 0.5) is 5.69 Å². The quantitative estimate of drug-likeness (QED) is 0.741. The van der Waals surface area contributed by atoms with E-state index in [1.54, 1.807) is 0 Å². The zero-order chi connectivity index (χ0) is 15.2. The minimum Gasteiger partial charge on any atom is -0.481 e. The van der Waals surface area contributed by atoms with E-state index in [4.69, 9.17) is 5.11 Å². The largest absolute Gasteiger partial charge is 0.481 e. The number of aromatic nitrogens is 1. The van der Waals surface area contributed by atoms with Crippen molar-refractivity contribution < 1.29 is 18.3 Å². The van der Waals surface area contributed by atoms with Crippen LogP contribution in [-0.4, -0.2) is 29.8 Å². The first-order valence-electron chi connectivity index (χ1n) is 6.27. The van der Waals surface area contributed by atoms with Gasteiger partial charge in [0.05, 0.1) is 11.4 Å². The monoisotopic (exact) mass is 302 g/mol. The predicted molar refractivity (Wildman–Crippen MR) is 75.3 cm³/mol. The molecule has 0 spiro atoms. The summed E-state index contributed by atoms with van der Waals surface area (Å²) in [5, 5.41) is 8.47. The topological polar surface area (TPSA) is 105 Å². The maximum Gasteiger partial charge on any atom is 0.303 e. The molecule has 0 amide bonds. The lowest BCUT2D eigenvalue weighted by atomic mass is 10.3. The first kappa shape index (κ1) is 16.2. The normalized spacial score (nSPS) is 11.2. The molecule has 0 aliphatic carbocycles. The van der Waals surface area contributed by atoms with Crippen molar-refractivity contribution in [1.82, 2.24) is 4.57 Å². The Kier molecular flexibility index (Phi) is 5.75. The number of carboxylic acid groups (broad SMARTS) is 1. The third kappa shape index (κ3) is 5.43. The Morgan fingerprint density at radius 3 is 2.70 bits per heavy atom. The number of nitrogens with zero attached hydrogens (tertiary/aromatic N) is 1. The van der Waals surface area contributed by atoms with Gasteiger partial charge in [-0.25, -0.2) is 8.42 Å². The van der Waals surface area contributed by atoms with E-state index in [0.717, 1.165) is 6.42 Å². The third-order valence-corrected chi connectivity index (χ3v) is 3.90. The molecule has 0 radical (unpaired) electrons. The predicted octanol–water partition coefficient (Wildman–Crippen LogP) is 0.865. The highest BCUT2D eigenvalue weighted by molar-refractivity contribution is 7.92. The molecule has 112 valence electrons. The van der Waals surface area contributed by atoms with Gasteiger partial charge in [0.25, 0.3) is 5.56 Å².